The Bertz CT molecular complexity index is 576. The highest BCUT2D eigenvalue weighted by atomic mass is 32.2. The SMILES string of the molecule is CCNS(=O)(=O)CCNc1nc(NN)ncc1[N+](=O)[O-]. The van der Waals surface area contributed by atoms with Crippen LogP contribution in [-0.2, 0) is 10.0 Å². The van der Waals surface area contributed by atoms with Crippen molar-refractivity contribution in [3.63, 3.8) is 0 Å². The largest absolute Gasteiger partial charge is 0.363 e. The number of rotatable bonds is 8. The maximum absolute atomic E-state index is 11.4. The molecule has 0 spiro atoms. The molecule has 11 nitrogen and oxygen atoms in total. The molecule has 0 atom stereocenters. The summed E-state index contributed by atoms with van der Waals surface area (Å²) in [7, 11) is -3.42. The highest BCUT2D eigenvalue weighted by molar-refractivity contribution is 7.89. The van der Waals surface area contributed by atoms with Crippen LogP contribution in [0, 0.1) is 10.1 Å². The number of aromatic nitrogens is 2. The van der Waals surface area contributed by atoms with Gasteiger partial charge in [0.2, 0.25) is 21.8 Å². The minimum atomic E-state index is -3.42. The van der Waals surface area contributed by atoms with E-state index in [-0.39, 0.29) is 36.3 Å². The minimum Gasteiger partial charge on any atom is -0.363 e. The summed E-state index contributed by atoms with van der Waals surface area (Å²) >= 11 is 0. The first kappa shape index (κ1) is 16.0. The van der Waals surface area contributed by atoms with E-state index in [1.165, 1.54) is 0 Å². The van der Waals surface area contributed by atoms with Crippen LogP contribution in [0.15, 0.2) is 6.20 Å². The van der Waals surface area contributed by atoms with Crippen molar-refractivity contribution >= 4 is 27.5 Å². The molecular formula is C8H15N7O4S. The minimum absolute atomic E-state index is 0.0207. The van der Waals surface area contributed by atoms with E-state index in [1.807, 2.05) is 0 Å². The molecule has 12 heteroatoms. The van der Waals surface area contributed by atoms with Crippen molar-refractivity contribution in [1.29, 1.82) is 0 Å². The van der Waals surface area contributed by atoms with Crippen LogP contribution in [0.25, 0.3) is 0 Å². The number of nitrogen functional groups attached to an aromatic ring is 1. The molecule has 1 aromatic heterocycles. The molecule has 0 bridgehead atoms. The molecule has 5 N–H and O–H groups in total. The van der Waals surface area contributed by atoms with Crippen LogP contribution in [0.3, 0.4) is 0 Å². The van der Waals surface area contributed by atoms with Gasteiger partial charge in [-0.15, -0.1) is 0 Å². The lowest BCUT2D eigenvalue weighted by Gasteiger charge is -2.08. The maximum Gasteiger partial charge on any atom is 0.329 e. The third-order valence-electron chi connectivity index (χ3n) is 2.12. The summed E-state index contributed by atoms with van der Waals surface area (Å²) in [6.07, 6.45) is 0.976. The van der Waals surface area contributed by atoms with Gasteiger partial charge in [-0.05, 0) is 0 Å². The molecule has 0 unspecified atom stereocenters. The Balaban J connectivity index is 2.78. The summed E-state index contributed by atoms with van der Waals surface area (Å²) in [5.41, 5.74) is 1.77. The standard InChI is InChI=1S/C8H15N7O4S/c1-2-12-20(18,19)4-3-10-7-6(15(16)17)5-11-8(13-7)14-9/h5,12H,2-4,9H2,1H3,(H2,10,11,13,14). The first-order chi connectivity index (χ1) is 9.39. The highest BCUT2D eigenvalue weighted by Crippen LogP contribution is 2.21. The Hall–Kier alpha value is -2.05. The normalized spacial score (nSPS) is 11.1. The summed E-state index contributed by atoms with van der Waals surface area (Å²) in [4.78, 5) is 17.5. The quantitative estimate of drug-likeness (QED) is 0.268. The molecule has 1 aromatic rings. The Labute approximate surface area is 115 Å². The van der Waals surface area contributed by atoms with Crippen LogP contribution >= 0.6 is 0 Å². The van der Waals surface area contributed by atoms with E-state index in [9.17, 15) is 18.5 Å². The molecule has 0 aromatic carbocycles. The number of anilines is 2. The van der Waals surface area contributed by atoms with Gasteiger partial charge in [-0.2, -0.15) is 4.98 Å². The number of nitrogens with two attached hydrogens (primary N) is 1. The fourth-order valence-corrected chi connectivity index (χ4v) is 2.26. The van der Waals surface area contributed by atoms with Crippen LogP contribution < -0.4 is 21.3 Å². The summed E-state index contributed by atoms with van der Waals surface area (Å²) < 4.78 is 25.1. The number of nitrogens with zero attached hydrogens (tertiary/aromatic N) is 3. The number of hydrogen-bond acceptors (Lipinski definition) is 9. The molecule has 0 saturated heterocycles. The lowest BCUT2D eigenvalue weighted by atomic mass is 10.4. The van der Waals surface area contributed by atoms with E-state index < -0.39 is 14.9 Å². The third-order valence-corrected chi connectivity index (χ3v) is 3.59. The van der Waals surface area contributed by atoms with Crippen LogP contribution in [0.2, 0.25) is 0 Å². The topological polar surface area (TPSA) is 165 Å². The van der Waals surface area contributed by atoms with Gasteiger partial charge in [0.1, 0.15) is 6.20 Å². The third kappa shape index (κ3) is 4.56. The molecule has 112 valence electrons. The number of nitro groups is 1. The number of sulfonamides is 1. The molecule has 0 aliphatic heterocycles. The summed E-state index contributed by atoms with van der Waals surface area (Å²) in [5.74, 6) is 4.73. The molecule has 0 amide bonds. The van der Waals surface area contributed by atoms with E-state index in [0.29, 0.717) is 0 Å². The van der Waals surface area contributed by atoms with Crippen LogP contribution in [-0.4, -0.2) is 42.2 Å². The fourth-order valence-electron chi connectivity index (χ4n) is 1.30. The Morgan fingerprint density at radius 1 is 1.50 bits per heavy atom. The lowest BCUT2D eigenvalue weighted by molar-refractivity contribution is -0.384. The molecule has 1 rings (SSSR count). The number of hydrazine groups is 1. The van der Waals surface area contributed by atoms with E-state index in [0.717, 1.165) is 6.20 Å². The molecule has 0 aliphatic rings. The molecule has 0 fully saturated rings. The lowest BCUT2D eigenvalue weighted by Crippen LogP contribution is -2.29. The number of hydrogen-bond donors (Lipinski definition) is 4. The van der Waals surface area contributed by atoms with Gasteiger partial charge < -0.3 is 5.32 Å². The van der Waals surface area contributed by atoms with E-state index in [2.05, 4.69) is 25.4 Å². The van der Waals surface area contributed by atoms with Gasteiger partial charge in [-0.25, -0.2) is 24.0 Å². The molecule has 0 radical (unpaired) electrons. The zero-order valence-electron chi connectivity index (χ0n) is 10.7. The predicted octanol–water partition coefficient (Wildman–Crippen LogP) is -0.978. The molecule has 0 aliphatic carbocycles. The zero-order valence-corrected chi connectivity index (χ0v) is 11.5. The molecular weight excluding hydrogens is 290 g/mol. The second-order valence-corrected chi connectivity index (χ2v) is 5.50. The summed E-state index contributed by atoms with van der Waals surface area (Å²) in [5, 5.41) is 13.4. The second kappa shape index (κ2) is 6.93. The Morgan fingerprint density at radius 2 is 2.20 bits per heavy atom. The smallest absolute Gasteiger partial charge is 0.329 e. The van der Waals surface area contributed by atoms with Crippen molar-refractivity contribution in [3.05, 3.63) is 16.3 Å². The van der Waals surface area contributed by atoms with Crippen LogP contribution in [0.1, 0.15) is 6.92 Å². The van der Waals surface area contributed by atoms with E-state index in [1.54, 1.807) is 6.92 Å². The average Bonchev–Trinajstić information content (AvgIpc) is 2.37. The summed E-state index contributed by atoms with van der Waals surface area (Å²) in [6.45, 7) is 1.88. The van der Waals surface area contributed by atoms with Gasteiger partial charge in [-0.1, -0.05) is 6.92 Å². The van der Waals surface area contributed by atoms with Crippen molar-refractivity contribution in [2.45, 2.75) is 6.92 Å². The van der Waals surface area contributed by atoms with Gasteiger partial charge in [0.15, 0.2) is 0 Å². The van der Waals surface area contributed by atoms with Crippen LogP contribution in [0.4, 0.5) is 17.5 Å². The van der Waals surface area contributed by atoms with E-state index in [4.69, 9.17) is 5.84 Å². The first-order valence-corrected chi connectivity index (χ1v) is 7.24. The molecule has 20 heavy (non-hydrogen) atoms. The maximum atomic E-state index is 11.4. The molecule has 0 saturated carbocycles. The summed E-state index contributed by atoms with van der Waals surface area (Å²) in [6, 6.07) is 0. The zero-order chi connectivity index (χ0) is 15.2. The monoisotopic (exact) mass is 305 g/mol. The second-order valence-electron chi connectivity index (χ2n) is 3.57. The van der Waals surface area contributed by atoms with E-state index >= 15 is 0 Å². The van der Waals surface area contributed by atoms with Crippen LogP contribution in [0.5, 0.6) is 0 Å². The first-order valence-electron chi connectivity index (χ1n) is 5.59. The van der Waals surface area contributed by atoms with Crippen molar-refractivity contribution in [3.8, 4) is 0 Å². The highest BCUT2D eigenvalue weighted by Gasteiger charge is 2.17. The molecule has 1 heterocycles. The number of nitrogens with one attached hydrogen (secondary N) is 3. The van der Waals surface area contributed by atoms with Gasteiger partial charge in [0.25, 0.3) is 0 Å². The predicted molar refractivity (Wildman–Crippen MR) is 72.4 cm³/mol. The van der Waals surface area contributed by atoms with Gasteiger partial charge in [-0.3, -0.25) is 15.5 Å². The van der Waals surface area contributed by atoms with Gasteiger partial charge in [0.05, 0.1) is 10.7 Å². The fraction of sp³-hybridized carbons (Fsp3) is 0.500. The Morgan fingerprint density at radius 3 is 2.75 bits per heavy atom. The Kier molecular flexibility index (Phi) is 5.54. The van der Waals surface area contributed by atoms with Crippen molar-refractivity contribution in [1.82, 2.24) is 14.7 Å². The van der Waals surface area contributed by atoms with Gasteiger partial charge >= 0.3 is 5.69 Å². The average molecular weight is 305 g/mol. The van der Waals surface area contributed by atoms with Crippen molar-refractivity contribution < 1.29 is 13.3 Å². The van der Waals surface area contributed by atoms with Gasteiger partial charge in [0, 0.05) is 13.1 Å². The van der Waals surface area contributed by atoms with Crippen molar-refractivity contribution in [2.24, 2.45) is 5.84 Å². The van der Waals surface area contributed by atoms with Crippen molar-refractivity contribution in [2.75, 3.05) is 29.6 Å².